The Labute approximate surface area is 175 Å². The van der Waals surface area contributed by atoms with E-state index in [1.165, 1.54) is 23.5 Å². The van der Waals surface area contributed by atoms with Crippen molar-refractivity contribution in [3.63, 3.8) is 0 Å². The second-order valence-corrected chi connectivity index (χ2v) is 7.60. The van der Waals surface area contributed by atoms with Gasteiger partial charge in [-0.2, -0.15) is 10.5 Å². The predicted molar refractivity (Wildman–Crippen MR) is 112 cm³/mol. The molecule has 4 aromatic rings. The molecule has 7 nitrogen and oxygen atoms in total. The summed E-state index contributed by atoms with van der Waals surface area (Å²) < 4.78 is 0.806. The third-order valence-corrected chi connectivity index (χ3v) is 5.46. The molecule has 0 bridgehead atoms. The molecule has 0 saturated heterocycles. The Morgan fingerprint density at radius 2 is 1.90 bits per heavy atom. The highest BCUT2D eigenvalue weighted by Crippen LogP contribution is 2.39. The van der Waals surface area contributed by atoms with Gasteiger partial charge in [0.05, 0.1) is 38.5 Å². The molecule has 3 heterocycles. The first-order chi connectivity index (χ1) is 14.0. The van der Waals surface area contributed by atoms with E-state index in [-0.39, 0.29) is 0 Å². The molecule has 140 valence electrons. The van der Waals surface area contributed by atoms with Crippen LogP contribution in [0.4, 0.5) is 11.6 Å². The fourth-order valence-corrected chi connectivity index (χ4v) is 4.37. The lowest BCUT2D eigenvalue weighted by Gasteiger charge is -2.06. The lowest BCUT2D eigenvalue weighted by Crippen LogP contribution is -2.00. The second-order valence-electron chi connectivity index (χ2n) is 6.20. The number of hydrogen-bond acceptors (Lipinski definition) is 8. The number of anilines is 2. The van der Waals surface area contributed by atoms with Crippen LogP contribution in [0.5, 0.6) is 0 Å². The molecule has 0 amide bonds. The third-order valence-electron chi connectivity index (χ3n) is 4.07. The molecule has 0 unspecified atom stereocenters. The molecule has 1 aromatic carbocycles. The number of benzene rings is 1. The van der Waals surface area contributed by atoms with Crippen molar-refractivity contribution >= 4 is 44.8 Å². The molecule has 3 aromatic heterocycles. The van der Waals surface area contributed by atoms with Gasteiger partial charge in [-0.05, 0) is 32.0 Å². The van der Waals surface area contributed by atoms with Gasteiger partial charge in [0.15, 0.2) is 5.82 Å². The average Bonchev–Trinajstić information content (AvgIpc) is 3.11. The molecule has 0 saturated carbocycles. The molecule has 0 aliphatic heterocycles. The van der Waals surface area contributed by atoms with Gasteiger partial charge in [-0.3, -0.25) is 0 Å². The van der Waals surface area contributed by atoms with Crippen molar-refractivity contribution in [1.82, 2.24) is 19.9 Å². The van der Waals surface area contributed by atoms with Crippen LogP contribution in [0, 0.1) is 36.5 Å². The summed E-state index contributed by atoms with van der Waals surface area (Å²) in [6.07, 6.45) is 1.65. The van der Waals surface area contributed by atoms with Crippen LogP contribution in [0.3, 0.4) is 0 Å². The van der Waals surface area contributed by atoms with Gasteiger partial charge >= 0.3 is 0 Å². The lowest BCUT2D eigenvalue weighted by molar-refractivity contribution is 1.01. The average molecular weight is 418 g/mol. The van der Waals surface area contributed by atoms with E-state index >= 15 is 0 Å². The van der Waals surface area contributed by atoms with Crippen LogP contribution in [0.25, 0.3) is 20.8 Å². The van der Waals surface area contributed by atoms with Crippen LogP contribution in [-0.2, 0) is 0 Å². The number of pyridine rings is 1. The topological polar surface area (TPSA) is 111 Å². The van der Waals surface area contributed by atoms with Crippen molar-refractivity contribution in [2.45, 2.75) is 13.8 Å². The molecule has 1 N–H and O–H groups in total. The number of nitrogens with zero attached hydrogens (tertiary/aromatic N) is 6. The molecule has 0 radical (unpaired) electrons. The molecular weight excluding hydrogens is 406 g/mol. The molecule has 9 heteroatoms. The number of nitrogens with one attached hydrogen (secondary N) is 1. The Hall–Kier alpha value is -3.59. The second kappa shape index (κ2) is 7.44. The summed E-state index contributed by atoms with van der Waals surface area (Å²) in [4.78, 5) is 17.7. The van der Waals surface area contributed by atoms with Crippen molar-refractivity contribution < 1.29 is 0 Å². The van der Waals surface area contributed by atoms with Gasteiger partial charge in [0.25, 0.3) is 0 Å². The van der Waals surface area contributed by atoms with E-state index in [1.54, 1.807) is 12.3 Å². The maximum atomic E-state index is 9.52. The Morgan fingerprint density at radius 1 is 1.07 bits per heavy atom. The summed E-state index contributed by atoms with van der Waals surface area (Å²) in [5, 5.41) is 22.7. The first-order valence-corrected chi connectivity index (χ1v) is 9.67. The summed E-state index contributed by atoms with van der Waals surface area (Å²) in [7, 11) is 0. The molecule has 0 fully saturated rings. The van der Waals surface area contributed by atoms with Crippen molar-refractivity contribution in [3.05, 3.63) is 58.1 Å². The first-order valence-electron chi connectivity index (χ1n) is 8.47. The zero-order valence-electron chi connectivity index (χ0n) is 15.4. The van der Waals surface area contributed by atoms with E-state index in [0.717, 1.165) is 10.4 Å². The summed E-state index contributed by atoms with van der Waals surface area (Å²) >= 11 is 7.74. The van der Waals surface area contributed by atoms with Gasteiger partial charge in [-0.1, -0.05) is 11.6 Å². The smallest absolute Gasteiger partial charge is 0.151 e. The monoisotopic (exact) mass is 417 g/mol. The zero-order chi connectivity index (χ0) is 20.5. The molecule has 0 spiro atoms. The third kappa shape index (κ3) is 3.59. The molecule has 29 heavy (non-hydrogen) atoms. The number of thiazole rings is 1. The van der Waals surface area contributed by atoms with E-state index in [1.807, 2.05) is 26.0 Å². The number of halogens is 1. The molecule has 0 atom stereocenters. The van der Waals surface area contributed by atoms with Gasteiger partial charge in [-0.25, -0.2) is 19.9 Å². The molecular formula is C20H12ClN7S. The van der Waals surface area contributed by atoms with Crippen molar-refractivity contribution in [2.24, 2.45) is 0 Å². The maximum absolute atomic E-state index is 9.52. The van der Waals surface area contributed by atoms with Crippen LogP contribution in [-0.4, -0.2) is 19.9 Å². The highest BCUT2D eigenvalue weighted by molar-refractivity contribution is 7.22. The zero-order valence-corrected chi connectivity index (χ0v) is 16.9. The first kappa shape index (κ1) is 18.8. The van der Waals surface area contributed by atoms with Gasteiger partial charge in [0.2, 0.25) is 0 Å². The Balaban J connectivity index is 1.84. The Kier molecular flexibility index (Phi) is 4.81. The van der Waals surface area contributed by atoms with Crippen LogP contribution < -0.4 is 5.32 Å². The number of rotatable bonds is 3. The minimum Gasteiger partial charge on any atom is -0.324 e. The van der Waals surface area contributed by atoms with E-state index in [4.69, 9.17) is 16.9 Å². The van der Waals surface area contributed by atoms with Crippen molar-refractivity contribution in [1.29, 1.82) is 10.5 Å². The molecule has 0 aliphatic carbocycles. The number of fused-ring (bicyclic) bond motifs is 1. The van der Waals surface area contributed by atoms with E-state index in [2.05, 4.69) is 31.3 Å². The van der Waals surface area contributed by atoms with Gasteiger partial charge in [-0.15, -0.1) is 11.3 Å². The highest BCUT2D eigenvalue weighted by atomic mass is 35.5. The van der Waals surface area contributed by atoms with Gasteiger partial charge < -0.3 is 5.32 Å². The Morgan fingerprint density at radius 3 is 2.62 bits per heavy atom. The standard InChI is InChI=1S/C20H12ClN7S/c1-10-5-16(26-11(2)25-10)28-19-18-15(3-4-24-19)27-20(29-18)17-13(9-23)6-12(8-22)7-14(17)21/h3-7H,1-2H3,(H,24,25,26,28). The predicted octanol–water partition coefficient (Wildman–Crippen LogP) is 4.91. The van der Waals surface area contributed by atoms with E-state index in [9.17, 15) is 5.26 Å². The van der Waals surface area contributed by atoms with Gasteiger partial charge in [0.1, 0.15) is 16.6 Å². The number of nitriles is 2. The van der Waals surface area contributed by atoms with E-state index in [0.29, 0.717) is 49.7 Å². The molecule has 0 aliphatic rings. The summed E-state index contributed by atoms with van der Waals surface area (Å²) in [5.41, 5.74) is 2.70. The van der Waals surface area contributed by atoms with Crippen LogP contribution in [0.15, 0.2) is 30.5 Å². The van der Waals surface area contributed by atoms with Crippen LogP contribution in [0.2, 0.25) is 5.02 Å². The maximum Gasteiger partial charge on any atom is 0.151 e. The van der Waals surface area contributed by atoms with E-state index < -0.39 is 0 Å². The lowest BCUT2D eigenvalue weighted by atomic mass is 10.1. The van der Waals surface area contributed by atoms with Crippen molar-refractivity contribution in [2.75, 3.05) is 5.32 Å². The number of aromatic nitrogens is 4. The van der Waals surface area contributed by atoms with Gasteiger partial charge in [0, 0.05) is 23.5 Å². The minimum atomic E-state index is 0.303. The van der Waals surface area contributed by atoms with Crippen LogP contribution in [0.1, 0.15) is 22.6 Å². The normalized spacial score (nSPS) is 10.5. The highest BCUT2D eigenvalue weighted by Gasteiger charge is 2.18. The number of aryl methyl sites for hydroxylation is 2. The number of hydrogen-bond donors (Lipinski definition) is 1. The largest absolute Gasteiger partial charge is 0.324 e. The summed E-state index contributed by atoms with van der Waals surface area (Å²) in [6.45, 7) is 3.72. The summed E-state index contributed by atoms with van der Waals surface area (Å²) in [6, 6.07) is 10.8. The SMILES string of the molecule is Cc1cc(Nc2nccc3nc(-c4c(Cl)cc(C#N)cc4C#N)sc23)nc(C)n1. The fourth-order valence-electron chi connectivity index (χ4n) is 2.93. The molecule has 4 rings (SSSR count). The summed E-state index contributed by atoms with van der Waals surface area (Å²) in [5.74, 6) is 1.90. The fraction of sp³-hybridized carbons (Fsp3) is 0.100. The Bertz CT molecular complexity index is 1330. The minimum absolute atomic E-state index is 0.303. The quantitative estimate of drug-likeness (QED) is 0.504. The van der Waals surface area contributed by atoms with Crippen LogP contribution >= 0.6 is 22.9 Å². The van der Waals surface area contributed by atoms with Crippen molar-refractivity contribution in [3.8, 4) is 22.7 Å².